The Balaban J connectivity index is 2.89. The molecule has 1 aliphatic carbocycles. The molecule has 70 valence electrons. The van der Waals surface area contributed by atoms with Crippen LogP contribution >= 0.6 is 0 Å². The average molecular weight is 200 g/mol. The highest BCUT2D eigenvalue weighted by Gasteiger charge is 2.10. The van der Waals surface area contributed by atoms with E-state index in [1.54, 1.807) is 0 Å². The van der Waals surface area contributed by atoms with Crippen LogP contribution in [0.3, 0.4) is 0 Å². The molecular formula is C8H8O4S. The van der Waals surface area contributed by atoms with E-state index in [0.717, 1.165) is 0 Å². The van der Waals surface area contributed by atoms with Gasteiger partial charge in [0.15, 0.2) is 0 Å². The number of carbonyl (C=O) groups excluding carboxylic acids is 1. The third kappa shape index (κ3) is 2.29. The first-order chi connectivity index (χ1) is 6.15. The van der Waals surface area contributed by atoms with Gasteiger partial charge in [0.1, 0.15) is 0 Å². The van der Waals surface area contributed by atoms with E-state index < -0.39 is 16.3 Å². The van der Waals surface area contributed by atoms with E-state index in [9.17, 15) is 13.2 Å². The third-order valence-electron chi connectivity index (χ3n) is 1.61. The predicted octanol–water partition coefficient (Wildman–Crippen LogP) is 0.0972. The summed E-state index contributed by atoms with van der Waals surface area (Å²) in [7, 11) is -0.919. The van der Waals surface area contributed by atoms with Gasteiger partial charge >= 0.3 is 5.97 Å². The Kier molecular flexibility index (Phi) is 3.02. The maximum absolute atomic E-state index is 10.9. The summed E-state index contributed by atoms with van der Waals surface area (Å²) in [5, 5.41) is 0. The lowest BCUT2D eigenvalue weighted by Crippen LogP contribution is -2.07. The van der Waals surface area contributed by atoms with E-state index in [1.807, 2.05) is 0 Å². The Morgan fingerprint density at radius 1 is 1.46 bits per heavy atom. The van der Waals surface area contributed by atoms with Gasteiger partial charge in [-0.15, -0.1) is 0 Å². The van der Waals surface area contributed by atoms with Gasteiger partial charge in [0.05, 0.1) is 17.5 Å². The third-order valence-corrected chi connectivity index (χ3v) is 2.34. The molecule has 1 rings (SSSR count). The van der Waals surface area contributed by atoms with Gasteiger partial charge in [-0.1, -0.05) is 6.08 Å². The molecule has 0 N–H and O–H groups in total. The van der Waals surface area contributed by atoms with Crippen molar-refractivity contribution in [1.29, 1.82) is 0 Å². The molecule has 0 heterocycles. The molecule has 0 amide bonds. The fraction of sp³-hybridized carbons (Fsp3) is 0.250. The van der Waals surface area contributed by atoms with Crippen molar-refractivity contribution in [2.24, 2.45) is 0 Å². The van der Waals surface area contributed by atoms with Crippen molar-refractivity contribution in [3.63, 3.8) is 0 Å². The Hall–Kier alpha value is -1.36. The molecule has 13 heavy (non-hydrogen) atoms. The Bertz CT molecular complexity index is 403. The van der Waals surface area contributed by atoms with Gasteiger partial charge < -0.3 is 4.74 Å². The quantitative estimate of drug-likeness (QED) is 0.445. The molecule has 1 aliphatic rings. The molecule has 0 radical (unpaired) electrons. The summed E-state index contributed by atoms with van der Waals surface area (Å²) >= 11 is 0. The summed E-state index contributed by atoms with van der Waals surface area (Å²) < 4.78 is 25.4. The first-order valence-corrected chi connectivity index (χ1v) is 4.64. The summed E-state index contributed by atoms with van der Waals surface area (Å²) in [4.78, 5) is 11.2. The van der Waals surface area contributed by atoms with Crippen LogP contribution in [0.15, 0.2) is 23.8 Å². The second-order valence-corrected chi connectivity index (χ2v) is 3.38. The summed E-state index contributed by atoms with van der Waals surface area (Å²) in [6.45, 7) is 0. The number of hydrogen-bond donors (Lipinski definition) is 0. The van der Waals surface area contributed by atoms with Crippen LogP contribution in [0.4, 0.5) is 0 Å². The van der Waals surface area contributed by atoms with E-state index in [4.69, 9.17) is 0 Å². The minimum Gasteiger partial charge on any atom is -0.465 e. The molecular weight excluding hydrogens is 192 g/mol. The highest BCUT2D eigenvalue weighted by molar-refractivity contribution is 7.73. The van der Waals surface area contributed by atoms with Crippen molar-refractivity contribution in [3.05, 3.63) is 23.8 Å². The van der Waals surface area contributed by atoms with Crippen LogP contribution in [-0.4, -0.2) is 26.4 Å². The highest BCUT2D eigenvalue weighted by atomic mass is 32.2. The molecule has 4 nitrogen and oxygen atoms in total. The number of ether oxygens (including phenoxy) is 1. The Morgan fingerprint density at radius 2 is 2.15 bits per heavy atom. The maximum atomic E-state index is 10.9. The van der Waals surface area contributed by atoms with Crippen LogP contribution in [0, 0.1) is 0 Å². The first kappa shape index (κ1) is 9.73. The minimum atomic E-state index is -2.20. The van der Waals surface area contributed by atoms with Gasteiger partial charge in [0.25, 0.3) is 0 Å². The Morgan fingerprint density at radius 3 is 2.54 bits per heavy atom. The number of esters is 1. The van der Waals surface area contributed by atoms with Crippen LogP contribution in [0.25, 0.3) is 0 Å². The van der Waals surface area contributed by atoms with E-state index in [1.165, 1.54) is 25.3 Å². The van der Waals surface area contributed by atoms with Gasteiger partial charge in [-0.2, -0.15) is 8.42 Å². The lowest BCUT2D eigenvalue weighted by atomic mass is 10.1. The largest absolute Gasteiger partial charge is 0.465 e. The monoisotopic (exact) mass is 200 g/mol. The zero-order chi connectivity index (χ0) is 9.84. The number of allylic oxidation sites excluding steroid dienone is 2. The minimum absolute atomic E-state index is 0.247. The number of hydrogen-bond acceptors (Lipinski definition) is 4. The second-order valence-electron chi connectivity index (χ2n) is 2.39. The van der Waals surface area contributed by atoms with Gasteiger partial charge in [0.2, 0.25) is 10.3 Å². The highest BCUT2D eigenvalue weighted by Crippen LogP contribution is 2.08. The molecule has 0 aromatic heterocycles. The van der Waals surface area contributed by atoms with Crippen LogP contribution in [-0.2, 0) is 19.8 Å². The van der Waals surface area contributed by atoms with Gasteiger partial charge in [-0.25, -0.2) is 4.79 Å². The molecule has 0 fully saturated rings. The number of methoxy groups -OCH3 is 1. The lowest BCUT2D eigenvalue weighted by Gasteiger charge is -2.03. The van der Waals surface area contributed by atoms with E-state index in [0.29, 0.717) is 5.57 Å². The van der Waals surface area contributed by atoms with Gasteiger partial charge in [0, 0.05) is 6.42 Å². The van der Waals surface area contributed by atoms with Gasteiger partial charge in [-0.3, -0.25) is 0 Å². The molecule has 0 atom stereocenters. The van der Waals surface area contributed by atoms with Crippen molar-refractivity contribution < 1.29 is 17.9 Å². The molecule has 0 saturated carbocycles. The van der Waals surface area contributed by atoms with E-state index in [2.05, 4.69) is 4.74 Å². The van der Waals surface area contributed by atoms with Crippen molar-refractivity contribution in [2.75, 3.05) is 7.11 Å². The summed E-state index contributed by atoms with van der Waals surface area (Å²) in [5.74, 6) is -0.452. The molecule has 0 aromatic rings. The fourth-order valence-electron chi connectivity index (χ4n) is 0.922. The molecule has 5 heteroatoms. The zero-order valence-electron chi connectivity index (χ0n) is 6.98. The van der Waals surface area contributed by atoms with Gasteiger partial charge in [-0.05, 0) is 12.2 Å². The molecule has 0 aliphatic heterocycles. The lowest BCUT2D eigenvalue weighted by molar-refractivity contribution is -0.135. The summed E-state index contributed by atoms with van der Waals surface area (Å²) in [6.07, 6.45) is 4.60. The van der Waals surface area contributed by atoms with Crippen molar-refractivity contribution >= 4 is 21.1 Å². The Labute approximate surface area is 77.0 Å². The molecule has 0 saturated heterocycles. The zero-order valence-corrected chi connectivity index (χ0v) is 7.80. The second kappa shape index (κ2) is 4.04. The summed E-state index contributed by atoms with van der Waals surface area (Å²) in [5.41, 5.74) is 0.386. The maximum Gasteiger partial charge on any atom is 0.337 e. The van der Waals surface area contributed by atoms with Crippen molar-refractivity contribution in [2.45, 2.75) is 6.42 Å². The van der Waals surface area contributed by atoms with Crippen molar-refractivity contribution in [1.82, 2.24) is 0 Å². The normalized spacial score (nSPS) is 15.2. The number of carbonyl (C=O) groups is 1. The van der Waals surface area contributed by atoms with Crippen LogP contribution < -0.4 is 0 Å². The predicted molar refractivity (Wildman–Crippen MR) is 47.8 cm³/mol. The van der Waals surface area contributed by atoms with Crippen LogP contribution in [0.5, 0.6) is 0 Å². The first-order valence-electron chi connectivity index (χ1n) is 3.57. The van der Waals surface area contributed by atoms with E-state index >= 15 is 0 Å². The molecule has 0 aromatic carbocycles. The van der Waals surface area contributed by atoms with E-state index in [-0.39, 0.29) is 11.3 Å². The van der Waals surface area contributed by atoms with Crippen LogP contribution in [0.1, 0.15) is 6.42 Å². The smallest absolute Gasteiger partial charge is 0.337 e. The fourth-order valence-corrected chi connectivity index (χ4v) is 1.32. The SMILES string of the molecule is COC(=O)C1=CCC(=S(=O)=O)C=C1. The van der Waals surface area contributed by atoms with Crippen molar-refractivity contribution in [3.8, 4) is 0 Å². The average Bonchev–Trinajstić information content (AvgIpc) is 2.17. The summed E-state index contributed by atoms with van der Waals surface area (Å²) in [6, 6.07) is 0. The molecule has 0 bridgehead atoms. The standard InChI is InChI=1S/C8H8O4S/c1-12-8(9)6-2-4-7(5-3-6)13(10)11/h2-4H,5H2,1H3. The number of rotatable bonds is 1. The molecule has 0 spiro atoms. The topological polar surface area (TPSA) is 60.4 Å². The molecule has 0 unspecified atom stereocenters. The van der Waals surface area contributed by atoms with Crippen LogP contribution in [0.2, 0.25) is 0 Å².